The first-order valence-electron chi connectivity index (χ1n) is 7.46. The number of rotatable bonds is 4. The molecule has 1 heterocycles. The second kappa shape index (κ2) is 6.44. The minimum Gasteiger partial charge on any atom is -0.328 e. The Morgan fingerprint density at radius 2 is 1.78 bits per heavy atom. The third-order valence-electron chi connectivity index (χ3n) is 3.66. The molecule has 5 nitrogen and oxygen atoms in total. The predicted molar refractivity (Wildman–Crippen MR) is 93.5 cm³/mol. The average Bonchev–Trinajstić information content (AvgIpc) is 2.58. The van der Waals surface area contributed by atoms with Crippen LogP contribution in [0.25, 0.3) is 0 Å². The molecule has 0 spiro atoms. The average molecular weight is 305 g/mol. The molecule has 5 heteroatoms. The van der Waals surface area contributed by atoms with E-state index >= 15 is 0 Å². The molecule has 0 radical (unpaired) electrons. The molecule has 0 aliphatic rings. The third kappa shape index (κ3) is 3.45. The Hall–Kier alpha value is -2.95. The van der Waals surface area contributed by atoms with Gasteiger partial charge in [0.25, 0.3) is 0 Å². The van der Waals surface area contributed by atoms with Crippen LogP contribution in [0.1, 0.15) is 11.1 Å². The number of hydrogen-bond acceptors (Lipinski definition) is 5. The van der Waals surface area contributed by atoms with Crippen LogP contribution in [-0.4, -0.2) is 22.2 Å². The van der Waals surface area contributed by atoms with Gasteiger partial charge in [-0.1, -0.05) is 35.9 Å². The number of benzene rings is 2. The highest BCUT2D eigenvalue weighted by molar-refractivity contribution is 5.62. The fraction of sp³-hybridized carbons (Fsp3) is 0.167. The highest BCUT2D eigenvalue weighted by atomic mass is 15.3. The zero-order valence-electron chi connectivity index (χ0n) is 13.5. The van der Waals surface area contributed by atoms with Gasteiger partial charge < -0.3 is 10.2 Å². The Labute approximate surface area is 136 Å². The van der Waals surface area contributed by atoms with E-state index in [1.807, 2.05) is 48.3 Å². The maximum atomic E-state index is 4.55. The van der Waals surface area contributed by atoms with Gasteiger partial charge >= 0.3 is 0 Å². The molecule has 3 aromatic rings. The molecule has 0 saturated carbocycles. The maximum Gasteiger partial charge on any atom is 0.249 e. The SMILES string of the molecule is Cc1ccc(Nc2nncc(N(C)c3ccccc3)n2)c(C)c1. The summed E-state index contributed by atoms with van der Waals surface area (Å²) in [6.07, 6.45) is 1.65. The van der Waals surface area contributed by atoms with Crippen molar-refractivity contribution in [2.24, 2.45) is 0 Å². The van der Waals surface area contributed by atoms with Crippen molar-refractivity contribution in [1.82, 2.24) is 15.2 Å². The number of nitrogens with one attached hydrogen (secondary N) is 1. The highest BCUT2D eigenvalue weighted by Crippen LogP contribution is 2.23. The van der Waals surface area contributed by atoms with E-state index in [2.05, 4.69) is 46.5 Å². The highest BCUT2D eigenvalue weighted by Gasteiger charge is 2.08. The van der Waals surface area contributed by atoms with Crippen molar-refractivity contribution in [3.05, 3.63) is 65.9 Å². The Morgan fingerprint density at radius 1 is 1.00 bits per heavy atom. The lowest BCUT2D eigenvalue weighted by Crippen LogP contribution is -2.13. The monoisotopic (exact) mass is 305 g/mol. The number of nitrogens with zero attached hydrogens (tertiary/aromatic N) is 4. The van der Waals surface area contributed by atoms with E-state index in [1.165, 1.54) is 5.56 Å². The Morgan fingerprint density at radius 3 is 2.52 bits per heavy atom. The lowest BCUT2D eigenvalue weighted by molar-refractivity contribution is 0.956. The molecule has 0 aliphatic carbocycles. The molecule has 0 fully saturated rings. The van der Waals surface area contributed by atoms with Gasteiger partial charge in [-0.15, -0.1) is 5.10 Å². The van der Waals surface area contributed by atoms with E-state index in [1.54, 1.807) is 6.20 Å². The van der Waals surface area contributed by atoms with Gasteiger partial charge in [-0.3, -0.25) is 0 Å². The summed E-state index contributed by atoms with van der Waals surface area (Å²) in [5, 5.41) is 11.4. The van der Waals surface area contributed by atoms with E-state index in [4.69, 9.17) is 0 Å². The van der Waals surface area contributed by atoms with Crippen molar-refractivity contribution in [3.63, 3.8) is 0 Å². The van der Waals surface area contributed by atoms with E-state index < -0.39 is 0 Å². The Kier molecular flexibility index (Phi) is 4.19. The molecule has 0 saturated heterocycles. The maximum absolute atomic E-state index is 4.55. The first-order valence-corrected chi connectivity index (χ1v) is 7.46. The Balaban J connectivity index is 1.85. The minimum absolute atomic E-state index is 0.484. The lowest BCUT2D eigenvalue weighted by Gasteiger charge is -2.18. The van der Waals surface area contributed by atoms with Crippen LogP contribution in [0.2, 0.25) is 0 Å². The second-order valence-corrected chi connectivity index (χ2v) is 5.48. The third-order valence-corrected chi connectivity index (χ3v) is 3.66. The van der Waals surface area contributed by atoms with Gasteiger partial charge in [-0.2, -0.15) is 10.1 Å². The van der Waals surface area contributed by atoms with Crippen molar-refractivity contribution in [1.29, 1.82) is 0 Å². The fourth-order valence-electron chi connectivity index (χ4n) is 2.37. The normalized spacial score (nSPS) is 10.4. The zero-order chi connectivity index (χ0) is 16.2. The number of para-hydroxylation sites is 1. The van der Waals surface area contributed by atoms with Crippen molar-refractivity contribution in [3.8, 4) is 0 Å². The van der Waals surface area contributed by atoms with Crippen LogP contribution >= 0.6 is 0 Å². The van der Waals surface area contributed by atoms with Crippen LogP contribution in [0.3, 0.4) is 0 Å². The van der Waals surface area contributed by atoms with Gasteiger partial charge in [0.05, 0.1) is 6.20 Å². The smallest absolute Gasteiger partial charge is 0.249 e. The molecule has 3 rings (SSSR count). The van der Waals surface area contributed by atoms with Crippen LogP contribution in [0.5, 0.6) is 0 Å². The quantitative estimate of drug-likeness (QED) is 0.789. The molecule has 1 N–H and O–H groups in total. The summed E-state index contributed by atoms with van der Waals surface area (Å²) < 4.78 is 0. The van der Waals surface area contributed by atoms with Crippen LogP contribution in [0, 0.1) is 13.8 Å². The summed E-state index contributed by atoms with van der Waals surface area (Å²) in [6, 6.07) is 16.2. The van der Waals surface area contributed by atoms with Gasteiger partial charge in [0.1, 0.15) is 0 Å². The summed E-state index contributed by atoms with van der Waals surface area (Å²) in [5.74, 6) is 1.22. The summed E-state index contributed by atoms with van der Waals surface area (Å²) in [4.78, 5) is 6.52. The summed E-state index contributed by atoms with van der Waals surface area (Å²) >= 11 is 0. The van der Waals surface area contributed by atoms with E-state index in [-0.39, 0.29) is 0 Å². The fourth-order valence-corrected chi connectivity index (χ4v) is 2.37. The van der Waals surface area contributed by atoms with Gasteiger partial charge in [0.15, 0.2) is 5.82 Å². The molecular weight excluding hydrogens is 286 g/mol. The summed E-state index contributed by atoms with van der Waals surface area (Å²) in [5.41, 5.74) is 4.41. The van der Waals surface area contributed by atoms with Crippen molar-refractivity contribution in [2.45, 2.75) is 13.8 Å². The van der Waals surface area contributed by atoms with Gasteiger partial charge in [0, 0.05) is 18.4 Å². The van der Waals surface area contributed by atoms with E-state index in [0.29, 0.717) is 5.95 Å². The molecule has 0 aliphatic heterocycles. The number of aryl methyl sites for hydroxylation is 2. The number of hydrogen-bond donors (Lipinski definition) is 1. The van der Waals surface area contributed by atoms with Crippen LogP contribution in [0.4, 0.5) is 23.1 Å². The van der Waals surface area contributed by atoms with Crippen molar-refractivity contribution >= 4 is 23.1 Å². The molecule has 0 bridgehead atoms. The standard InChI is InChI=1S/C18H19N5/c1-13-9-10-16(14(2)11-13)20-18-21-17(12-19-22-18)23(3)15-7-5-4-6-8-15/h4-12H,1-3H3,(H,20,21,22). The topological polar surface area (TPSA) is 53.9 Å². The molecule has 0 atom stereocenters. The van der Waals surface area contributed by atoms with Gasteiger partial charge in [-0.05, 0) is 37.6 Å². The molecule has 1 aromatic heterocycles. The first kappa shape index (κ1) is 15.0. The van der Waals surface area contributed by atoms with E-state index in [9.17, 15) is 0 Å². The van der Waals surface area contributed by atoms with Gasteiger partial charge in [-0.25, -0.2) is 0 Å². The molecule has 23 heavy (non-hydrogen) atoms. The predicted octanol–water partition coefficient (Wildman–Crippen LogP) is 4.00. The first-order chi connectivity index (χ1) is 11.1. The molecule has 0 amide bonds. The van der Waals surface area contributed by atoms with Gasteiger partial charge in [0.2, 0.25) is 5.95 Å². The van der Waals surface area contributed by atoms with Crippen LogP contribution in [0.15, 0.2) is 54.7 Å². The number of anilines is 4. The largest absolute Gasteiger partial charge is 0.328 e. The lowest BCUT2D eigenvalue weighted by atomic mass is 10.1. The van der Waals surface area contributed by atoms with Crippen molar-refractivity contribution < 1.29 is 0 Å². The van der Waals surface area contributed by atoms with Crippen LogP contribution < -0.4 is 10.2 Å². The minimum atomic E-state index is 0.484. The number of aromatic nitrogens is 3. The molecule has 2 aromatic carbocycles. The molecule has 0 unspecified atom stereocenters. The molecule has 116 valence electrons. The summed E-state index contributed by atoms with van der Waals surface area (Å²) in [7, 11) is 1.96. The second-order valence-electron chi connectivity index (χ2n) is 5.48. The zero-order valence-corrected chi connectivity index (χ0v) is 13.5. The van der Waals surface area contributed by atoms with E-state index in [0.717, 1.165) is 22.8 Å². The molecular formula is C18H19N5. The van der Waals surface area contributed by atoms with Crippen LogP contribution in [-0.2, 0) is 0 Å². The summed E-state index contributed by atoms with van der Waals surface area (Å²) in [6.45, 7) is 4.13. The van der Waals surface area contributed by atoms with Crippen molar-refractivity contribution in [2.75, 3.05) is 17.3 Å². The Bertz CT molecular complexity index is 802.